The van der Waals surface area contributed by atoms with Crippen molar-refractivity contribution in [2.75, 3.05) is 0 Å². The van der Waals surface area contributed by atoms with E-state index in [1.807, 2.05) is 6.07 Å². The quantitative estimate of drug-likeness (QED) is 0.592. The Labute approximate surface area is 91.3 Å². The lowest BCUT2D eigenvalue weighted by atomic mass is 9.77. The van der Waals surface area contributed by atoms with Crippen molar-refractivity contribution in [1.29, 1.82) is 0 Å². The highest BCUT2D eigenvalue weighted by molar-refractivity contribution is 6.31. The Morgan fingerprint density at radius 1 is 1.29 bits per heavy atom. The van der Waals surface area contributed by atoms with Crippen LogP contribution < -0.4 is 0 Å². The molecule has 0 nitrogen and oxygen atoms in total. The molecule has 0 N–H and O–H groups in total. The standard InChI is InChI=1S/C13H17Cl/c1-13(2,3)10-8-7-9-5-4-6-11(14)12(9)10/h4-6,10H,7-8H2,1-3H3. The van der Waals surface area contributed by atoms with Crippen LogP contribution in [0.15, 0.2) is 18.2 Å². The molecule has 0 radical (unpaired) electrons. The summed E-state index contributed by atoms with van der Waals surface area (Å²) >= 11 is 6.27. The maximum absolute atomic E-state index is 6.27. The Morgan fingerprint density at radius 2 is 2.00 bits per heavy atom. The van der Waals surface area contributed by atoms with E-state index in [1.54, 1.807) is 0 Å². The molecule has 1 heteroatoms. The van der Waals surface area contributed by atoms with Gasteiger partial charge in [0, 0.05) is 5.02 Å². The molecule has 0 aliphatic heterocycles. The van der Waals surface area contributed by atoms with Crippen LogP contribution in [-0.4, -0.2) is 0 Å². The number of aryl methyl sites for hydroxylation is 1. The van der Waals surface area contributed by atoms with E-state index in [-0.39, 0.29) is 0 Å². The van der Waals surface area contributed by atoms with Gasteiger partial charge in [0.2, 0.25) is 0 Å². The van der Waals surface area contributed by atoms with Gasteiger partial charge in [-0.25, -0.2) is 0 Å². The molecule has 1 aromatic carbocycles. The summed E-state index contributed by atoms with van der Waals surface area (Å²) in [5, 5.41) is 0.958. The second-order valence-corrected chi connectivity index (χ2v) is 5.68. The molecular formula is C13H17Cl. The maximum Gasteiger partial charge on any atom is 0.0443 e. The third kappa shape index (κ3) is 1.56. The molecule has 1 aliphatic carbocycles. The molecule has 0 amide bonds. The minimum absolute atomic E-state index is 0.330. The Bertz CT molecular complexity index is 347. The van der Waals surface area contributed by atoms with E-state index in [4.69, 9.17) is 11.6 Å². The van der Waals surface area contributed by atoms with Crippen LogP contribution in [0.25, 0.3) is 0 Å². The fourth-order valence-corrected chi connectivity index (χ4v) is 2.83. The smallest absolute Gasteiger partial charge is 0.0443 e. The van der Waals surface area contributed by atoms with Crippen LogP contribution >= 0.6 is 11.6 Å². The monoisotopic (exact) mass is 208 g/mol. The molecule has 0 heterocycles. The molecule has 2 rings (SSSR count). The van der Waals surface area contributed by atoms with Crippen LogP contribution in [0.1, 0.15) is 44.2 Å². The van der Waals surface area contributed by atoms with E-state index in [1.165, 1.54) is 24.0 Å². The Hall–Kier alpha value is -0.490. The second-order valence-electron chi connectivity index (χ2n) is 5.27. The number of benzene rings is 1. The zero-order chi connectivity index (χ0) is 10.3. The van der Waals surface area contributed by atoms with Crippen molar-refractivity contribution >= 4 is 11.6 Å². The summed E-state index contributed by atoms with van der Waals surface area (Å²) in [7, 11) is 0. The van der Waals surface area contributed by atoms with Gasteiger partial charge in [-0.1, -0.05) is 44.5 Å². The Kier molecular flexibility index (Phi) is 2.35. The summed E-state index contributed by atoms with van der Waals surface area (Å²) < 4.78 is 0. The SMILES string of the molecule is CC(C)(C)C1CCc2cccc(Cl)c21. The van der Waals surface area contributed by atoms with Crippen LogP contribution in [0, 0.1) is 5.41 Å². The Balaban J connectivity index is 2.48. The van der Waals surface area contributed by atoms with Gasteiger partial charge in [0.05, 0.1) is 0 Å². The van der Waals surface area contributed by atoms with Gasteiger partial charge in [0.25, 0.3) is 0 Å². The highest BCUT2D eigenvalue weighted by atomic mass is 35.5. The zero-order valence-corrected chi connectivity index (χ0v) is 9.86. The molecule has 0 fully saturated rings. The summed E-state index contributed by atoms with van der Waals surface area (Å²) in [5.74, 6) is 0.631. The average Bonchev–Trinajstić information content (AvgIpc) is 2.47. The van der Waals surface area contributed by atoms with E-state index >= 15 is 0 Å². The van der Waals surface area contributed by atoms with Gasteiger partial charge >= 0.3 is 0 Å². The summed E-state index contributed by atoms with van der Waals surface area (Å²) in [4.78, 5) is 0. The first-order valence-electron chi connectivity index (χ1n) is 5.27. The van der Waals surface area contributed by atoms with Crippen molar-refractivity contribution in [2.24, 2.45) is 5.41 Å². The largest absolute Gasteiger partial charge is 0.0840 e. The van der Waals surface area contributed by atoms with Crippen LogP contribution in [0.5, 0.6) is 0 Å². The predicted molar refractivity (Wildman–Crippen MR) is 62.0 cm³/mol. The molecule has 1 aliphatic rings. The van der Waals surface area contributed by atoms with Crippen molar-refractivity contribution in [3.8, 4) is 0 Å². The molecule has 76 valence electrons. The first-order chi connectivity index (χ1) is 6.50. The number of rotatable bonds is 0. The van der Waals surface area contributed by atoms with Gasteiger partial charge in [0.15, 0.2) is 0 Å². The molecule has 0 bridgehead atoms. The van der Waals surface area contributed by atoms with Crippen molar-refractivity contribution in [3.05, 3.63) is 34.3 Å². The lowest BCUT2D eigenvalue weighted by Crippen LogP contribution is -2.16. The van der Waals surface area contributed by atoms with Crippen LogP contribution in [0.3, 0.4) is 0 Å². The van der Waals surface area contributed by atoms with Crippen molar-refractivity contribution in [2.45, 2.75) is 39.5 Å². The maximum atomic E-state index is 6.27. The minimum atomic E-state index is 0.330. The van der Waals surface area contributed by atoms with Gasteiger partial charge in [-0.05, 0) is 41.4 Å². The fourth-order valence-electron chi connectivity index (χ4n) is 2.50. The van der Waals surface area contributed by atoms with E-state index in [0.717, 1.165) is 5.02 Å². The molecule has 0 saturated heterocycles. The van der Waals surface area contributed by atoms with E-state index in [9.17, 15) is 0 Å². The van der Waals surface area contributed by atoms with Crippen molar-refractivity contribution in [3.63, 3.8) is 0 Å². The molecule has 0 aromatic heterocycles. The highest BCUT2D eigenvalue weighted by Gasteiger charge is 2.33. The summed E-state index contributed by atoms with van der Waals surface area (Å²) in [6.07, 6.45) is 2.44. The number of halogens is 1. The molecule has 1 aromatic rings. The van der Waals surface area contributed by atoms with Crippen LogP contribution in [0.2, 0.25) is 5.02 Å². The predicted octanol–water partition coefficient (Wildman–Crippen LogP) is 4.42. The molecule has 0 spiro atoms. The third-order valence-corrected chi connectivity index (χ3v) is 3.57. The van der Waals surface area contributed by atoms with Crippen LogP contribution in [0.4, 0.5) is 0 Å². The fraction of sp³-hybridized carbons (Fsp3) is 0.538. The number of fused-ring (bicyclic) bond motifs is 1. The molecule has 1 atom stereocenters. The van der Waals surface area contributed by atoms with Gasteiger partial charge in [-0.15, -0.1) is 0 Å². The van der Waals surface area contributed by atoms with Crippen molar-refractivity contribution < 1.29 is 0 Å². The highest BCUT2D eigenvalue weighted by Crippen LogP contribution is 2.47. The summed E-state index contributed by atoms with van der Waals surface area (Å²) in [5.41, 5.74) is 3.19. The zero-order valence-electron chi connectivity index (χ0n) is 9.10. The third-order valence-electron chi connectivity index (χ3n) is 3.24. The lowest BCUT2D eigenvalue weighted by molar-refractivity contribution is 0.319. The molecule has 14 heavy (non-hydrogen) atoms. The molecule has 1 unspecified atom stereocenters. The van der Waals surface area contributed by atoms with E-state index in [2.05, 4.69) is 32.9 Å². The van der Waals surface area contributed by atoms with Crippen LogP contribution in [-0.2, 0) is 6.42 Å². The first-order valence-corrected chi connectivity index (χ1v) is 5.65. The first kappa shape index (κ1) is 10.0. The molecular weight excluding hydrogens is 192 g/mol. The number of hydrogen-bond donors (Lipinski definition) is 0. The van der Waals surface area contributed by atoms with E-state index < -0.39 is 0 Å². The van der Waals surface area contributed by atoms with Gasteiger partial charge in [0.1, 0.15) is 0 Å². The average molecular weight is 209 g/mol. The molecule has 0 saturated carbocycles. The topological polar surface area (TPSA) is 0 Å². The lowest BCUT2D eigenvalue weighted by Gasteiger charge is -2.28. The summed E-state index contributed by atoms with van der Waals surface area (Å²) in [6.45, 7) is 6.91. The van der Waals surface area contributed by atoms with Gasteiger partial charge in [-0.3, -0.25) is 0 Å². The normalized spacial score (nSPS) is 21.0. The van der Waals surface area contributed by atoms with E-state index in [0.29, 0.717) is 11.3 Å². The van der Waals surface area contributed by atoms with Crippen molar-refractivity contribution in [1.82, 2.24) is 0 Å². The summed E-state index contributed by atoms with van der Waals surface area (Å²) in [6, 6.07) is 6.30. The number of hydrogen-bond acceptors (Lipinski definition) is 0. The van der Waals surface area contributed by atoms with Gasteiger partial charge in [-0.2, -0.15) is 0 Å². The second kappa shape index (κ2) is 3.27. The minimum Gasteiger partial charge on any atom is -0.0840 e. The van der Waals surface area contributed by atoms with Gasteiger partial charge < -0.3 is 0 Å². The Morgan fingerprint density at radius 3 is 2.64 bits per heavy atom.